The Morgan fingerprint density at radius 3 is 2.60 bits per heavy atom. The minimum absolute atomic E-state index is 0.000303. The van der Waals surface area contributed by atoms with Crippen LogP contribution in [0.15, 0.2) is 65.7 Å². The second kappa shape index (κ2) is 12.1. The number of nitrogens with one attached hydrogen (secondary N) is 1. The standard InChI is InChI=1S/C31H28F3N5O3S/c1-18-5-3-4-6-24(18)28(29(41)37-21-15-31(33,34)16-21)38(22-12-20(32)13-23(14-22)43-2)30(42)25-7-8-27(40)39(25)26-11-19(17-35)9-10-36-26/h3-6,9-14,21,25,28H,7-8,15-16H2,1-2H3,(H,37,41). The van der Waals surface area contributed by atoms with E-state index in [4.69, 9.17) is 0 Å². The number of pyridine rings is 1. The number of carbonyl (C=O) groups excluding carboxylic acids is 3. The van der Waals surface area contributed by atoms with E-state index >= 15 is 0 Å². The SMILES string of the molecule is CSc1cc(F)cc(N(C(=O)C2CCC(=O)N2c2cc(C#N)ccn2)C(C(=O)NC2CC(F)(F)C2)c2ccccc2C)c1. The van der Waals surface area contributed by atoms with E-state index in [1.54, 1.807) is 43.5 Å². The van der Waals surface area contributed by atoms with E-state index < -0.39 is 60.4 Å². The van der Waals surface area contributed by atoms with Crippen LogP contribution in [0, 0.1) is 24.1 Å². The van der Waals surface area contributed by atoms with Crippen molar-refractivity contribution in [1.29, 1.82) is 5.26 Å². The molecule has 43 heavy (non-hydrogen) atoms. The molecule has 5 rings (SSSR count). The molecule has 2 atom stereocenters. The molecule has 3 aromatic rings. The Balaban J connectivity index is 1.64. The van der Waals surface area contributed by atoms with Gasteiger partial charge in [-0.3, -0.25) is 24.2 Å². The van der Waals surface area contributed by atoms with Crippen molar-refractivity contribution in [3.05, 3.63) is 83.3 Å². The number of hydrogen-bond donors (Lipinski definition) is 1. The normalized spacial score (nSPS) is 18.5. The van der Waals surface area contributed by atoms with E-state index in [2.05, 4.69) is 10.3 Å². The van der Waals surface area contributed by atoms with Crippen molar-refractivity contribution in [2.45, 2.75) is 61.6 Å². The Hall–Kier alpha value is -4.37. The summed E-state index contributed by atoms with van der Waals surface area (Å²) >= 11 is 1.24. The van der Waals surface area contributed by atoms with Gasteiger partial charge in [0.25, 0.3) is 11.8 Å². The van der Waals surface area contributed by atoms with Crippen molar-refractivity contribution in [3.63, 3.8) is 0 Å². The Labute approximate surface area is 250 Å². The summed E-state index contributed by atoms with van der Waals surface area (Å²) in [6.07, 6.45) is 2.10. The van der Waals surface area contributed by atoms with Crippen molar-refractivity contribution < 1.29 is 27.6 Å². The van der Waals surface area contributed by atoms with Crippen LogP contribution in [0.5, 0.6) is 0 Å². The fourth-order valence-electron chi connectivity index (χ4n) is 5.53. The van der Waals surface area contributed by atoms with Gasteiger partial charge in [0.1, 0.15) is 23.7 Å². The molecule has 3 amide bonds. The highest BCUT2D eigenvalue weighted by molar-refractivity contribution is 7.98. The van der Waals surface area contributed by atoms with Gasteiger partial charge in [0.05, 0.1) is 11.6 Å². The summed E-state index contributed by atoms with van der Waals surface area (Å²) < 4.78 is 42.3. The first-order valence-electron chi connectivity index (χ1n) is 13.6. The lowest BCUT2D eigenvalue weighted by atomic mass is 9.87. The number of nitrogens with zero attached hydrogens (tertiary/aromatic N) is 4. The molecule has 2 heterocycles. The van der Waals surface area contributed by atoms with Gasteiger partial charge in [-0.25, -0.2) is 18.2 Å². The first-order chi connectivity index (χ1) is 20.5. The lowest BCUT2D eigenvalue weighted by Gasteiger charge is -2.39. The molecule has 1 N–H and O–H groups in total. The number of nitriles is 1. The number of benzene rings is 2. The highest BCUT2D eigenvalue weighted by Gasteiger charge is 2.48. The fourth-order valence-corrected chi connectivity index (χ4v) is 6.00. The monoisotopic (exact) mass is 607 g/mol. The second-order valence-corrected chi connectivity index (χ2v) is 11.5. The van der Waals surface area contributed by atoms with Crippen molar-refractivity contribution in [3.8, 4) is 6.07 Å². The van der Waals surface area contributed by atoms with Gasteiger partial charge in [-0.1, -0.05) is 24.3 Å². The fraction of sp³-hybridized carbons (Fsp3) is 0.323. The molecular formula is C31H28F3N5O3S. The molecule has 0 bridgehead atoms. The molecule has 1 saturated heterocycles. The minimum Gasteiger partial charge on any atom is -0.351 e. The third kappa shape index (κ3) is 6.22. The van der Waals surface area contributed by atoms with Gasteiger partial charge in [-0.05, 0) is 61.1 Å². The van der Waals surface area contributed by atoms with Crippen LogP contribution in [0.1, 0.15) is 48.4 Å². The van der Waals surface area contributed by atoms with Crippen molar-refractivity contribution in [2.24, 2.45) is 0 Å². The number of halogens is 3. The summed E-state index contributed by atoms with van der Waals surface area (Å²) in [5, 5.41) is 12.1. The maximum atomic E-state index is 15.0. The first-order valence-corrected chi connectivity index (χ1v) is 14.8. The third-order valence-corrected chi connectivity index (χ3v) is 8.36. The predicted molar refractivity (Wildman–Crippen MR) is 155 cm³/mol. The Morgan fingerprint density at radius 2 is 1.93 bits per heavy atom. The number of rotatable bonds is 8. The average Bonchev–Trinajstić information content (AvgIpc) is 3.35. The summed E-state index contributed by atoms with van der Waals surface area (Å²) in [5.74, 6) is -5.24. The van der Waals surface area contributed by atoms with Crippen LogP contribution in [-0.2, 0) is 14.4 Å². The molecular weight excluding hydrogens is 579 g/mol. The number of amides is 3. The number of alkyl halides is 2. The van der Waals surface area contributed by atoms with Crippen LogP contribution >= 0.6 is 11.8 Å². The van der Waals surface area contributed by atoms with Crippen LogP contribution in [0.4, 0.5) is 24.7 Å². The lowest BCUT2D eigenvalue weighted by molar-refractivity contribution is -0.133. The molecule has 0 radical (unpaired) electrons. The van der Waals surface area contributed by atoms with Crippen LogP contribution < -0.4 is 15.1 Å². The van der Waals surface area contributed by atoms with E-state index in [0.717, 1.165) is 11.0 Å². The second-order valence-electron chi connectivity index (χ2n) is 10.6. The molecule has 2 unspecified atom stereocenters. The average molecular weight is 608 g/mol. The first kappa shape index (κ1) is 30.1. The number of aromatic nitrogens is 1. The minimum atomic E-state index is -2.89. The smallest absolute Gasteiger partial charge is 0.252 e. The number of carbonyl (C=O) groups is 3. The molecule has 222 valence electrons. The Kier molecular flexibility index (Phi) is 8.46. The van der Waals surface area contributed by atoms with Crippen LogP contribution in [0.25, 0.3) is 0 Å². The Morgan fingerprint density at radius 1 is 1.19 bits per heavy atom. The maximum absolute atomic E-state index is 15.0. The van der Waals surface area contributed by atoms with E-state index in [1.807, 2.05) is 6.07 Å². The molecule has 1 saturated carbocycles. The number of hydrogen-bond acceptors (Lipinski definition) is 6. The van der Waals surface area contributed by atoms with E-state index in [-0.39, 0.29) is 29.9 Å². The highest BCUT2D eigenvalue weighted by atomic mass is 32.2. The molecule has 12 heteroatoms. The quantitative estimate of drug-likeness (QED) is 0.348. The molecule has 2 fully saturated rings. The summed E-state index contributed by atoms with van der Waals surface area (Å²) in [6, 6.07) is 12.4. The third-order valence-electron chi connectivity index (χ3n) is 7.65. The summed E-state index contributed by atoms with van der Waals surface area (Å²) in [4.78, 5) is 48.8. The van der Waals surface area contributed by atoms with Gasteiger partial charge in [0.15, 0.2) is 0 Å². The summed E-state index contributed by atoms with van der Waals surface area (Å²) in [6.45, 7) is 1.75. The van der Waals surface area contributed by atoms with Gasteiger partial charge in [-0.2, -0.15) is 5.26 Å². The maximum Gasteiger partial charge on any atom is 0.252 e. The number of aryl methyl sites for hydroxylation is 1. The van der Waals surface area contributed by atoms with Gasteiger partial charge in [0.2, 0.25) is 11.8 Å². The van der Waals surface area contributed by atoms with E-state index in [1.165, 1.54) is 41.1 Å². The van der Waals surface area contributed by atoms with Gasteiger partial charge in [-0.15, -0.1) is 11.8 Å². The number of anilines is 2. The van der Waals surface area contributed by atoms with Crippen LogP contribution in [0.3, 0.4) is 0 Å². The van der Waals surface area contributed by atoms with Crippen molar-refractivity contribution in [1.82, 2.24) is 10.3 Å². The van der Waals surface area contributed by atoms with E-state index in [0.29, 0.717) is 16.0 Å². The van der Waals surface area contributed by atoms with Crippen LogP contribution in [-0.4, -0.2) is 47.0 Å². The summed E-state index contributed by atoms with van der Waals surface area (Å²) in [5.41, 5.74) is 1.35. The Bertz CT molecular complexity index is 1620. The molecule has 1 aromatic heterocycles. The topological polar surface area (TPSA) is 106 Å². The predicted octanol–water partition coefficient (Wildman–Crippen LogP) is 5.31. The zero-order valence-electron chi connectivity index (χ0n) is 23.4. The van der Waals surface area contributed by atoms with Crippen molar-refractivity contribution >= 4 is 41.0 Å². The lowest BCUT2D eigenvalue weighted by Crippen LogP contribution is -2.56. The number of thioether (sulfide) groups is 1. The van der Waals surface area contributed by atoms with Crippen molar-refractivity contribution in [2.75, 3.05) is 16.1 Å². The molecule has 0 spiro atoms. The molecule has 8 nitrogen and oxygen atoms in total. The van der Waals surface area contributed by atoms with E-state index in [9.17, 15) is 32.8 Å². The molecule has 1 aliphatic carbocycles. The summed E-state index contributed by atoms with van der Waals surface area (Å²) in [7, 11) is 0. The molecule has 2 aliphatic rings. The zero-order valence-corrected chi connectivity index (χ0v) is 24.2. The molecule has 1 aliphatic heterocycles. The largest absolute Gasteiger partial charge is 0.351 e. The zero-order chi connectivity index (χ0) is 30.9. The highest BCUT2D eigenvalue weighted by Crippen LogP contribution is 2.40. The van der Waals surface area contributed by atoms with Crippen LogP contribution in [0.2, 0.25) is 0 Å². The molecule has 2 aromatic carbocycles. The van der Waals surface area contributed by atoms with Gasteiger partial charge >= 0.3 is 0 Å². The van der Waals surface area contributed by atoms with Gasteiger partial charge in [0, 0.05) is 42.1 Å². The van der Waals surface area contributed by atoms with Gasteiger partial charge < -0.3 is 5.32 Å².